The van der Waals surface area contributed by atoms with Crippen molar-refractivity contribution in [3.8, 4) is 11.1 Å². The molecule has 1 heterocycles. The number of aromatic nitrogens is 1. The molecule has 2 rings (SSSR count). The average Bonchev–Trinajstić information content (AvgIpc) is 2.59. The lowest BCUT2D eigenvalue weighted by molar-refractivity contribution is 0.173. The molecule has 1 aromatic carbocycles. The Kier molecular flexibility index (Phi) is 6.60. The standard InChI is InChI=1S/C20H27NO/c1-3-5-6-7-8-19-14-13-18(15-21-19)16-9-11-17(12-10-16)20(22)4-2/h9-15,20,22H,3-8H2,1-2H3. The van der Waals surface area contributed by atoms with Gasteiger partial charge in [0, 0.05) is 17.5 Å². The van der Waals surface area contributed by atoms with Crippen LogP contribution in [-0.4, -0.2) is 10.1 Å². The fourth-order valence-corrected chi connectivity index (χ4v) is 2.61. The van der Waals surface area contributed by atoms with Gasteiger partial charge in [0.1, 0.15) is 0 Å². The summed E-state index contributed by atoms with van der Waals surface area (Å²) >= 11 is 0. The molecule has 0 aliphatic rings. The molecule has 1 atom stereocenters. The Balaban J connectivity index is 1.97. The number of aliphatic hydroxyl groups is 1. The summed E-state index contributed by atoms with van der Waals surface area (Å²) in [5.74, 6) is 0. The van der Waals surface area contributed by atoms with Crippen LogP contribution in [0.2, 0.25) is 0 Å². The molecule has 0 spiro atoms. The molecule has 0 aliphatic carbocycles. The maximum Gasteiger partial charge on any atom is 0.0787 e. The molecule has 0 saturated heterocycles. The van der Waals surface area contributed by atoms with E-state index in [-0.39, 0.29) is 6.10 Å². The molecule has 0 bridgehead atoms. The molecule has 0 fully saturated rings. The lowest BCUT2D eigenvalue weighted by Crippen LogP contribution is -1.94. The van der Waals surface area contributed by atoms with Crippen molar-refractivity contribution < 1.29 is 5.11 Å². The molecule has 0 amide bonds. The Morgan fingerprint density at radius 1 is 0.909 bits per heavy atom. The highest BCUT2D eigenvalue weighted by molar-refractivity contribution is 5.62. The zero-order valence-corrected chi connectivity index (χ0v) is 13.8. The van der Waals surface area contributed by atoms with Gasteiger partial charge in [-0.2, -0.15) is 0 Å². The Bertz CT molecular complexity index is 545. The minimum Gasteiger partial charge on any atom is -0.388 e. The molecule has 0 aliphatic heterocycles. The lowest BCUT2D eigenvalue weighted by Gasteiger charge is -2.09. The molecule has 1 N–H and O–H groups in total. The van der Waals surface area contributed by atoms with Crippen LogP contribution in [0, 0.1) is 0 Å². The number of nitrogens with zero attached hydrogens (tertiary/aromatic N) is 1. The van der Waals surface area contributed by atoms with Gasteiger partial charge in [-0.15, -0.1) is 0 Å². The van der Waals surface area contributed by atoms with E-state index in [1.54, 1.807) is 0 Å². The van der Waals surface area contributed by atoms with E-state index in [0.717, 1.165) is 29.5 Å². The fourth-order valence-electron chi connectivity index (χ4n) is 2.61. The number of benzene rings is 1. The Morgan fingerprint density at radius 3 is 2.23 bits per heavy atom. The number of rotatable bonds is 8. The van der Waals surface area contributed by atoms with Gasteiger partial charge in [-0.3, -0.25) is 4.98 Å². The highest BCUT2D eigenvalue weighted by Crippen LogP contribution is 2.23. The van der Waals surface area contributed by atoms with Crippen LogP contribution in [0.25, 0.3) is 11.1 Å². The van der Waals surface area contributed by atoms with Crippen molar-refractivity contribution in [2.24, 2.45) is 0 Å². The van der Waals surface area contributed by atoms with Crippen LogP contribution < -0.4 is 0 Å². The molecule has 2 heteroatoms. The molecule has 22 heavy (non-hydrogen) atoms. The van der Waals surface area contributed by atoms with Crippen LogP contribution in [0.1, 0.15) is 63.3 Å². The van der Waals surface area contributed by atoms with Gasteiger partial charge < -0.3 is 5.11 Å². The quantitative estimate of drug-likeness (QED) is 0.669. The summed E-state index contributed by atoms with van der Waals surface area (Å²) in [6.45, 7) is 4.22. The van der Waals surface area contributed by atoms with Crippen molar-refractivity contribution in [3.63, 3.8) is 0 Å². The first kappa shape index (κ1) is 16.7. The maximum atomic E-state index is 9.84. The molecule has 118 valence electrons. The number of hydrogen-bond donors (Lipinski definition) is 1. The molecule has 0 radical (unpaired) electrons. The van der Waals surface area contributed by atoms with Gasteiger partial charge in [0.25, 0.3) is 0 Å². The van der Waals surface area contributed by atoms with E-state index in [1.165, 1.54) is 31.4 Å². The van der Waals surface area contributed by atoms with Crippen LogP contribution in [0.15, 0.2) is 42.6 Å². The highest BCUT2D eigenvalue weighted by atomic mass is 16.3. The first-order chi connectivity index (χ1) is 10.7. The van der Waals surface area contributed by atoms with Gasteiger partial charge in [-0.25, -0.2) is 0 Å². The van der Waals surface area contributed by atoms with Crippen molar-refractivity contribution >= 4 is 0 Å². The summed E-state index contributed by atoms with van der Waals surface area (Å²) in [5.41, 5.74) is 4.44. The predicted molar refractivity (Wildman–Crippen MR) is 92.8 cm³/mol. The molecular formula is C20H27NO. The summed E-state index contributed by atoms with van der Waals surface area (Å²) in [7, 11) is 0. The Morgan fingerprint density at radius 2 is 1.64 bits per heavy atom. The number of aliphatic hydroxyl groups excluding tert-OH is 1. The first-order valence-electron chi connectivity index (χ1n) is 8.48. The number of hydrogen-bond acceptors (Lipinski definition) is 2. The van der Waals surface area contributed by atoms with E-state index in [1.807, 2.05) is 25.3 Å². The minimum atomic E-state index is -0.363. The number of aryl methyl sites for hydroxylation is 1. The van der Waals surface area contributed by atoms with Crippen LogP contribution in [0.3, 0.4) is 0 Å². The Labute approximate surface area is 134 Å². The van der Waals surface area contributed by atoms with E-state index in [0.29, 0.717) is 0 Å². The third-order valence-electron chi connectivity index (χ3n) is 4.13. The third-order valence-corrected chi connectivity index (χ3v) is 4.13. The second kappa shape index (κ2) is 8.70. The smallest absolute Gasteiger partial charge is 0.0787 e. The van der Waals surface area contributed by atoms with Gasteiger partial charge in [-0.1, -0.05) is 63.4 Å². The van der Waals surface area contributed by atoms with E-state index in [4.69, 9.17) is 0 Å². The van der Waals surface area contributed by atoms with E-state index in [9.17, 15) is 5.11 Å². The number of pyridine rings is 1. The Hall–Kier alpha value is -1.67. The van der Waals surface area contributed by atoms with Crippen molar-refractivity contribution in [2.45, 2.75) is 58.5 Å². The van der Waals surface area contributed by atoms with E-state index >= 15 is 0 Å². The summed E-state index contributed by atoms with van der Waals surface area (Å²) in [6.07, 6.45) is 8.52. The van der Waals surface area contributed by atoms with Crippen LogP contribution >= 0.6 is 0 Å². The topological polar surface area (TPSA) is 33.1 Å². The minimum absolute atomic E-state index is 0.363. The molecule has 0 saturated carbocycles. The number of unbranched alkanes of at least 4 members (excludes halogenated alkanes) is 3. The van der Waals surface area contributed by atoms with Crippen LogP contribution in [0.5, 0.6) is 0 Å². The van der Waals surface area contributed by atoms with E-state index in [2.05, 4.69) is 36.2 Å². The summed E-state index contributed by atoms with van der Waals surface area (Å²) in [5, 5.41) is 9.84. The molecule has 1 unspecified atom stereocenters. The normalized spacial score (nSPS) is 12.3. The zero-order chi connectivity index (χ0) is 15.8. The van der Waals surface area contributed by atoms with Crippen molar-refractivity contribution in [1.82, 2.24) is 4.98 Å². The van der Waals surface area contributed by atoms with Crippen LogP contribution in [-0.2, 0) is 6.42 Å². The van der Waals surface area contributed by atoms with Gasteiger partial charge in [-0.05, 0) is 36.5 Å². The monoisotopic (exact) mass is 297 g/mol. The molecular weight excluding hydrogens is 270 g/mol. The summed E-state index contributed by atoms with van der Waals surface area (Å²) in [4.78, 5) is 4.58. The predicted octanol–water partition coefficient (Wildman–Crippen LogP) is 5.31. The van der Waals surface area contributed by atoms with Crippen molar-refractivity contribution in [3.05, 3.63) is 53.9 Å². The second-order valence-electron chi connectivity index (χ2n) is 5.89. The van der Waals surface area contributed by atoms with Gasteiger partial charge in [0.05, 0.1) is 6.10 Å². The lowest BCUT2D eigenvalue weighted by atomic mass is 10.0. The third kappa shape index (κ3) is 4.67. The largest absolute Gasteiger partial charge is 0.388 e. The van der Waals surface area contributed by atoms with Gasteiger partial charge in [0.15, 0.2) is 0 Å². The average molecular weight is 297 g/mol. The van der Waals surface area contributed by atoms with Crippen molar-refractivity contribution in [1.29, 1.82) is 0 Å². The maximum absolute atomic E-state index is 9.84. The SMILES string of the molecule is CCCCCCc1ccc(-c2ccc(C(O)CC)cc2)cn1. The summed E-state index contributed by atoms with van der Waals surface area (Å²) < 4.78 is 0. The fraction of sp³-hybridized carbons (Fsp3) is 0.450. The molecule has 2 aromatic rings. The van der Waals surface area contributed by atoms with Gasteiger partial charge >= 0.3 is 0 Å². The highest BCUT2D eigenvalue weighted by Gasteiger charge is 2.05. The van der Waals surface area contributed by atoms with Crippen LogP contribution in [0.4, 0.5) is 0 Å². The molecule has 1 aromatic heterocycles. The molecule has 2 nitrogen and oxygen atoms in total. The first-order valence-corrected chi connectivity index (χ1v) is 8.48. The van der Waals surface area contributed by atoms with Gasteiger partial charge in [0.2, 0.25) is 0 Å². The van der Waals surface area contributed by atoms with E-state index < -0.39 is 0 Å². The summed E-state index contributed by atoms with van der Waals surface area (Å²) in [6, 6.07) is 12.4. The zero-order valence-electron chi connectivity index (χ0n) is 13.8. The van der Waals surface area contributed by atoms with Crippen molar-refractivity contribution in [2.75, 3.05) is 0 Å². The second-order valence-corrected chi connectivity index (χ2v) is 5.89.